The number of carbonyl (C=O) groups excluding carboxylic acids is 1. The molecule has 2 N–H and O–H groups in total. The summed E-state index contributed by atoms with van der Waals surface area (Å²) in [6, 6.07) is 0.245. The van der Waals surface area contributed by atoms with Crippen LogP contribution in [0.5, 0.6) is 0 Å². The Bertz CT molecular complexity index is 513. The topological polar surface area (TPSA) is 83.0 Å². The molecule has 27 heavy (non-hydrogen) atoms. The lowest BCUT2D eigenvalue weighted by molar-refractivity contribution is -0.127. The zero-order valence-corrected chi connectivity index (χ0v) is 19.9. The van der Waals surface area contributed by atoms with Gasteiger partial charge in [0.05, 0.1) is 6.10 Å². The summed E-state index contributed by atoms with van der Waals surface area (Å²) in [6.45, 7) is 3.61. The number of carbonyl (C=O) groups is 1. The van der Waals surface area contributed by atoms with Crippen molar-refractivity contribution in [1.29, 1.82) is 0 Å². The average molecular weight is 514 g/mol. The smallest absolute Gasteiger partial charge is 0.243 e. The van der Waals surface area contributed by atoms with Gasteiger partial charge in [0.15, 0.2) is 5.96 Å². The summed E-state index contributed by atoms with van der Waals surface area (Å²) in [5, 5.41) is 7.05. The zero-order chi connectivity index (χ0) is 18.9. The van der Waals surface area contributed by atoms with Crippen LogP contribution < -0.4 is 10.6 Å². The van der Waals surface area contributed by atoms with E-state index in [1.165, 1.54) is 0 Å². The van der Waals surface area contributed by atoms with Crippen LogP contribution in [0.3, 0.4) is 0 Å². The number of rotatable bonds is 7. The molecule has 0 aromatic heterocycles. The van der Waals surface area contributed by atoms with Crippen LogP contribution in [0.4, 0.5) is 0 Å². The van der Waals surface area contributed by atoms with Crippen molar-refractivity contribution in [3.05, 3.63) is 0 Å². The third-order valence-corrected chi connectivity index (χ3v) is 6.76. The lowest BCUT2D eigenvalue weighted by atomic mass is 9.95. The first-order valence-corrected chi connectivity index (χ1v) is 11.1. The van der Waals surface area contributed by atoms with Gasteiger partial charge in [-0.05, 0) is 32.1 Å². The molecule has 1 saturated carbocycles. The van der Waals surface area contributed by atoms with Gasteiger partial charge in [0.1, 0.15) is 6.54 Å². The van der Waals surface area contributed by atoms with E-state index >= 15 is 0 Å². The molecule has 0 aromatic rings. The number of likely N-dealkylation sites (N-methyl/N-ethyl adjacent to an activating group) is 1. The molecule has 2 fully saturated rings. The predicted molar refractivity (Wildman–Crippen MR) is 121 cm³/mol. The molecule has 1 heterocycles. The van der Waals surface area contributed by atoms with Crippen molar-refractivity contribution in [2.75, 3.05) is 39.5 Å². The lowest BCUT2D eigenvalue weighted by Crippen LogP contribution is -2.48. The van der Waals surface area contributed by atoms with Crippen molar-refractivity contribution in [1.82, 2.24) is 15.5 Å². The minimum absolute atomic E-state index is 0. The second-order valence-corrected chi connectivity index (χ2v) is 9.27. The molecule has 1 aliphatic carbocycles. The van der Waals surface area contributed by atoms with Crippen molar-refractivity contribution in [3.63, 3.8) is 0 Å². The highest BCUT2D eigenvalue weighted by Gasteiger charge is 2.26. The number of hydrogen-bond acceptors (Lipinski definition) is 4. The molecule has 1 aliphatic heterocycles. The van der Waals surface area contributed by atoms with Crippen LogP contribution in [-0.4, -0.2) is 77.9 Å². The monoisotopic (exact) mass is 514 g/mol. The number of hydrogen-bond donors (Lipinski definition) is 2. The summed E-state index contributed by atoms with van der Waals surface area (Å²) < 4.78 is 17.8. The van der Waals surface area contributed by atoms with Crippen molar-refractivity contribution in [3.8, 4) is 0 Å². The first-order valence-electron chi connectivity index (χ1n) is 9.73. The van der Waals surface area contributed by atoms with Crippen LogP contribution in [0.2, 0.25) is 0 Å². The van der Waals surface area contributed by atoms with Crippen LogP contribution in [0, 0.1) is 0 Å². The minimum Gasteiger partial charge on any atom is -0.376 e. The molecule has 7 nitrogen and oxygen atoms in total. The summed E-state index contributed by atoms with van der Waals surface area (Å²) in [4.78, 5) is 17.9. The quantitative estimate of drug-likeness (QED) is 0.306. The fraction of sp³-hybridized carbons (Fsp3) is 0.889. The minimum atomic E-state index is -0.753. The third-order valence-electron chi connectivity index (χ3n) is 5.02. The van der Waals surface area contributed by atoms with E-state index in [1.807, 2.05) is 6.92 Å². The van der Waals surface area contributed by atoms with Gasteiger partial charge in [0.25, 0.3) is 0 Å². The van der Waals surface area contributed by atoms with Crippen LogP contribution in [0.25, 0.3) is 0 Å². The molecule has 4 atom stereocenters. The SMILES string of the molecule is CCS(=O)C1CCCC(NC(=NCC(=O)N(C)C)NCC2CCCO2)C1.I. The number of halogens is 1. The first-order chi connectivity index (χ1) is 12.5. The number of ether oxygens (including phenoxy) is 1. The summed E-state index contributed by atoms with van der Waals surface area (Å²) in [7, 11) is 2.71. The van der Waals surface area contributed by atoms with Crippen molar-refractivity contribution < 1.29 is 13.7 Å². The van der Waals surface area contributed by atoms with Crippen LogP contribution >= 0.6 is 24.0 Å². The highest BCUT2D eigenvalue weighted by atomic mass is 127. The van der Waals surface area contributed by atoms with E-state index in [0.29, 0.717) is 18.3 Å². The number of guanidine groups is 1. The molecule has 0 spiro atoms. The van der Waals surface area contributed by atoms with Gasteiger partial charge < -0.3 is 20.3 Å². The van der Waals surface area contributed by atoms with Crippen LogP contribution in [0.15, 0.2) is 4.99 Å². The summed E-state index contributed by atoms with van der Waals surface area (Å²) in [5.74, 6) is 1.34. The summed E-state index contributed by atoms with van der Waals surface area (Å²) in [5.41, 5.74) is 0. The Morgan fingerprint density at radius 2 is 2.04 bits per heavy atom. The van der Waals surface area contributed by atoms with E-state index in [2.05, 4.69) is 15.6 Å². The highest BCUT2D eigenvalue weighted by molar-refractivity contribution is 14.0. The molecule has 2 aliphatic rings. The van der Waals surface area contributed by atoms with E-state index in [1.54, 1.807) is 19.0 Å². The Morgan fingerprint density at radius 1 is 1.26 bits per heavy atom. The van der Waals surface area contributed by atoms with E-state index in [9.17, 15) is 9.00 Å². The normalized spacial score (nSPS) is 26.8. The Balaban J connectivity index is 0.00000364. The van der Waals surface area contributed by atoms with Crippen molar-refractivity contribution in [2.45, 2.75) is 62.8 Å². The first kappa shape index (κ1) is 24.6. The van der Waals surface area contributed by atoms with Crippen LogP contribution in [0.1, 0.15) is 45.4 Å². The third kappa shape index (κ3) is 8.64. The maximum atomic E-state index is 12.2. The second kappa shape index (κ2) is 12.9. The van der Waals surface area contributed by atoms with E-state index in [4.69, 9.17) is 4.74 Å². The number of nitrogens with one attached hydrogen (secondary N) is 2. The number of nitrogens with zero attached hydrogens (tertiary/aromatic N) is 2. The summed E-state index contributed by atoms with van der Waals surface area (Å²) >= 11 is 0. The van der Waals surface area contributed by atoms with Gasteiger partial charge in [-0.1, -0.05) is 13.3 Å². The number of aliphatic imine (C=N–C) groups is 1. The Labute approximate surface area is 182 Å². The molecule has 0 radical (unpaired) electrons. The maximum Gasteiger partial charge on any atom is 0.243 e. The molecule has 2 rings (SSSR count). The van der Waals surface area contributed by atoms with Crippen molar-refractivity contribution in [2.24, 2.45) is 4.99 Å². The van der Waals surface area contributed by atoms with Crippen LogP contribution in [-0.2, 0) is 20.3 Å². The summed E-state index contributed by atoms with van der Waals surface area (Å²) in [6.07, 6.45) is 6.40. The van der Waals surface area contributed by atoms with Gasteiger partial charge in [-0.15, -0.1) is 24.0 Å². The molecule has 0 aromatic carbocycles. The standard InChI is InChI=1S/C18H34N4O3S.HI/c1-4-26(24)16-9-5-7-14(11-16)21-18(20-13-17(23)22(2)3)19-12-15-8-6-10-25-15;/h14-16H,4-13H2,1-3H3,(H2,19,20,21);1H. The molecule has 1 amide bonds. The van der Waals surface area contributed by atoms with Gasteiger partial charge in [-0.3, -0.25) is 9.00 Å². The largest absolute Gasteiger partial charge is 0.376 e. The molecular formula is C18H35IN4O3S. The number of amides is 1. The van der Waals surface area contributed by atoms with Gasteiger partial charge in [-0.25, -0.2) is 4.99 Å². The fourth-order valence-corrected chi connectivity index (χ4v) is 4.75. The average Bonchev–Trinajstić information content (AvgIpc) is 3.16. The van der Waals surface area contributed by atoms with Gasteiger partial charge in [0, 0.05) is 55.1 Å². The Hall–Kier alpha value is -0.420. The van der Waals surface area contributed by atoms with Gasteiger partial charge >= 0.3 is 0 Å². The molecule has 9 heteroatoms. The Kier molecular flexibility index (Phi) is 11.8. The fourth-order valence-electron chi connectivity index (χ4n) is 3.40. The maximum absolute atomic E-state index is 12.2. The molecule has 1 saturated heterocycles. The van der Waals surface area contributed by atoms with Gasteiger partial charge in [0.2, 0.25) is 5.91 Å². The Morgan fingerprint density at radius 3 is 2.67 bits per heavy atom. The molecule has 158 valence electrons. The second-order valence-electron chi connectivity index (χ2n) is 7.27. The highest BCUT2D eigenvalue weighted by Crippen LogP contribution is 2.23. The van der Waals surface area contributed by atoms with Crippen molar-refractivity contribution >= 4 is 46.6 Å². The zero-order valence-electron chi connectivity index (χ0n) is 16.7. The van der Waals surface area contributed by atoms with E-state index in [0.717, 1.165) is 45.1 Å². The lowest BCUT2D eigenvalue weighted by Gasteiger charge is -2.30. The molecule has 0 bridgehead atoms. The van der Waals surface area contributed by atoms with Gasteiger partial charge in [-0.2, -0.15) is 0 Å². The molecule has 4 unspecified atom stereocenters. The molecular weight excluding hydrogens is 479 g/mol. The van der Waals surface area contributed by atoms with E-state index < -0.39 is 10.8 Å². The van der Waals surface area contributed by atoms with E-state index in [-0.39, 0.29) is 53.8 Å². The predicted octanol–water partition coefficient (Wildman–Crippen LogP) is 1.49.